The number of halogens is 1. The molecule has 0 saturated carbocycles. The summed E-state index contributed by atoms with van der Waals surface area (Å²) in [7, 11) is 1.26. The van der Waals surface area contributed by atoms with Gasteiger partial charge in [0.15, 0.2) is 0 Å². The number of carboxylic acid groups (broad SMARTS) is 1. The zero-order valence-electron chi connectivity index (χ0n) is 27.3. The third-order valence-electron chi connectivity index (χ3n) is 8.67. The predicted molar refractivity (Wildman–Crippen MR) is 192 cm³/mol. The zero-order chi connectivity index (χ0) is 34.8. The summed E-state index contributed by atoms with van der Waals surface area (Å²) in [4.78, 5) is 41.4. The molecule has 1 heterocycles. The number of aryl methyl sites for hydroxylation is 1. The van der Waals surface area contributed by atoms with Gasteiger partial charge in [-0.05, 0) is 66.8 Å². The first kappa shape index (κ1) is 35.8. The van der Waals surface area contributed by atoms with Gasteiger partial charge in [0.05, 0.1) is 31.9 Å². The van der Waals surface area contributed by atoms with E-state index in [1.807, 2.05) is 116 Å². The summed E-state index contributed by atoms with van der Waals surface area (Å²) < 4.78 is 11.4. The summed E-state index contributed by atoms with van der Waals surface area (Å²) >= 11 is 7.63. The number of alkyl carbamates (subject to hydrolysis) is 1. The number of hydrogen-bond donors (Lipinski definition) is 3. The maximum atomic E-state index is 14.1. The smallest absolute Gasteiger partial charge is 0.407 e. The molecule has 0 radical (unpaired) electrons. The van der Waals surface area contributed by atoms with Crippen LogP contribution >= 0.6 is 23.4 Å². The molecule has 0 bridgehead atoms. The molecule has 0 unspecified atom stereocenters. The molecular formula is C38H40ClN3O6S. The largest absolute Gasteiger partial charge is 0.465 e. The minimum atomic E-state index is -1.00. The van der Waals surface area contributed by atoms with Gasteiger partial charge in [-0.1, -0.05) is 90.5 Å². The van der Waals surface area contributed by atoms with Crippen molar-refractivity contribution in [1.29, 1.82) is 0 Å². The quantitative estimate of drug-likeness (QED) is 0.130. The lowest BCUT2D eigenvalue weighted by Gasteiger charge is -2.42. The number of para-hydroxylation sites is 1. The highest BCUT2D eigenvalue weighted by Gasteiger charge is 2.37. The second-order valence-corrected chi connectivity index (χ2v) is 13.4. The highest BCUT2D eigenvalue weighted by atomic mass is 35.5. The fourth-order valence-corrected chi connectivity index (χ4v) is 7.23. The lowest BCUT2D eigenvalue weighted by atomic mass is 9.84. The van der Waals surface area contributed by atoms with Crippen LogP contribution in [0.25, 0.3) is 0 Å². The number of nitrogens with zero attached hydrogens (tertiary/aromatic N) is 1. The number of thioether (sulfide) groups is 1. The summed E-state index contributed by atoms with van der Waals surface area (Å²) in [6.45, 7) is 2.12. The van der Waals surface area contributed by atoms with Crippen LogP contribution in [-0.2, 0) is 20.7 Å². The molecule has 0 aromatic heterocycles. The Hall–Kier alpha value is -4.51. The van der Waals surface area contributed by atoms with E-state index in [9.17, 15) is 19.5 Å². The molecular weight excluding hydrogens is 662 g/mol. The SMILES string of the molecule is COC(=O)N[C@H](C(=O)Nc1ccccc1CC[C@@H]1CN(C(=O)O)[C@H](C)[C@@H](CSc2ccc(Cl)cc2)O1)C(c1ccccc1)c1ccccc1. The van der Waals surface area contributed by atoms with Crippen molar-refractivity contribution in [3.8, 4) is 0 Å². The van der Waals surface area contributed by atoms with Gasteiger partial charge in [0, 0.05) is 27.3 Å². The van der Waals surface area contributed by atoms with Gasteiger partial charge in [-0.3, -0.25) is 4.79 Å². The summed E-state index contributed by atoms with van der Waals surface area (Å²) in [5.41, 5.74) is 3.17. The summed E-state index contributed by atoms with van der Waals surface area (Å²) in [5.74, 6) is -0.334. The van der Waals surface area contributed by atoms with E-state index in [1.54, 1.807) is 11.8 Å². The van der Waals surface area contributed by atoms with Crippen LogP contribution in [0.5, 0.6) is 0 Å². The van der Waals surface area contributed by atoms with Crippen molar-refractivity contribution in [3.63, 3.8) is 0 Å². The number of carbonyl (C=O) groups is 3. The number of morpholine rings is 1. The van der Waals surface area contributed by atoms with Crippen LogP contribution in [0.15, 0.2) is 114 Å². The third-order valence-corrected chi connectivity index (χ3v) is 10.0. The average Bonchev–Trinajstić information content (AvgIpc) is 3.12. The summed E-state index contributed by atoms with van der Waals surface area (Å²) in [5, 5.41) is 16.5. The first-order chi connectivity index (χ1) is 23.7. The molecule has 4 aromatic rings. The van der Waals surface area contributed by atoms with Gasteiger partial charge >= 0.3 is 12.2 Å². The molecule has 4 atom stereocenters. The fourth-order valence-electron chi connectivity index (χ4n) is 6.06. The van der Waals surface area contributed by atoms with Crippen molar-refractivity contribution in [2.45, 2.75) is 54.9 Å². The highest BCUT2D eigenvalue weighted by Crippen LogP contribution is 2.31. The molecule has 1 fully saturated rings. The van der Waals surface area contributed by atoms with Crippen molar-refractivity contribution in [2.24, 2.45) is 0 Å². The monoisotopic (exact) mass is 701 g/mol. The Balaban J connectivity index is 1.32. The van der Waals surface area contributed by atoms with Crippen LogP contribution in [-0.4, -0.2) is 71.8 Å². The average molecular weight is 702 g/mol. The van der Waals surface area contributed by atoms with Gasteiger partial charge in [0.2, 0.25) is 5.91 Å². The fraction of sp³-hybridized carbons (Fsp3) is 0.289. The van der Waals surface area contributed by atoms with Crippen molar-refractivity contribution < 1.29 is 29.0 Å². The first-order valence-corrected chi connectivity index (χ1v) is 17.5. The molecule has 0 spiro atoms. The van der Waals surface area contributed by atoms with E-state index in [4.69, 9.17) is 21.1 Å². The minimum Gasteiger partial charge on any atom is -0.465 e. The van der Waals surface area contributed by atoms with Gasteiger partial charge in [-0.2, -0.15) is 0 Å². The van der Waals surface area contributed by atoms with Crippen molar-refractivity contribution in [1.82, 2.24) is 10.2 Å². The molecule has 1 aliphatic rings. The lowest BCUT2D eigenvalue weighted by molar-refractivity contribution is -0.118. The number of hydrogen-bond acceptors (Lipinski definition) is 6. The number of amides is 3. The maximum absolute atomic E-state index is 14.1. The van der Waals surface area contributed by atoms with Crippen LogP contribution in [0.2, 0.25) is 5.02 Å². The van der Waals surface area contributed by atoms with E-state index in [0.29, 0.717) is 29.3 Å². The van der Waals surface area contributed by atoms with Crippen LogP contribution < -0.4 is 10.6 Å². The Morgan fingerprint density at radius 1 is 0.939 bits per heavy atom. The molecule has 49 heavy (non-hydrogen) atoms. The van der Waals surface area contributed by atoms with Gasteiger partial charge in [-0.25, -0.2) is 9.59 Å². The molecule has 1 aliphatic heterocycles. The van der Waals surface area contributed by atoms with Gasteiger partial charge in [-0.15, -0.1) is 11.8 Å². The van der Waals surface area contributed by atoms with Crippen molar-refractivity contribution in [3.05, 3.63) is 131 Å². The number of rotatable bonds is 12. The van der Waals surface area contributed by atoms with Crippen molar-refractivity contribution in [2.75, 3.05) is 24.7 Å². The second kappa shape index (κ2) is 17.2. The third kappa shape index (κ3) is 9.56. The Morgan fingerprint density at radius 3 is 2.16 bits per heavy atom. The Kier molecular flexibility index (Phi) is 12.6. The molecule has 1 saturated heterocycles. The Bertz CT molecular complexity index is 1660. The number of nitrogens with one attached hydrogen (secondary N) is 2. The second-order valence-electron chi connectivity index (χ2n) is 11.8. The van der Waals surface area contributed by atoms with Crippen LogP contribution in [0.3, 0.4) is 0 Å². The lowest BCUT2D eigenvalue weighted by Crippen LogP contribution is -2.56. The molecule has 5 rings (SSSR count). The van der Waals surface area contributed by atoms with Crippen LogP contribution in [0, 0.1) is 0 Å². The first-order valence-electron chi connectivity index (χ1n) is 16.1. The van der Waals surface area contributed by atoms with E-state index in [1.165, 1.54) is 12.0 Å². The number of anilines is 1. The van der Waals surface area contributed by atoms with Gasteiger partial charge < -0.3 is 30.1 Å². The number of carbonyl (C=O) groups excluding carboxylic acids is 2. The number of benzene rings is 4. The van der Waals surface area contributed by atoms with E-state index < -0.39 is 30.1 Å². The minimum absolute atomic E-state index is 0.244. The van der Waals surface area contributed by atoms with Crippen LogP contribution in [0.4, 0.5) is 15.3 Å². The Labute approximate surface area is 295 Å². The standard InChI is InChI=1S/C38H40ClN3O6S/c1-25-33(24-49-31-21-18-29(39)19-22-31)48-30(23-42(25)38(45)46)20-17-26-11-9-10-16-32(26)40-36(43)35(41-37(44)47-2)34(27-12-5-3-6-13-27)28-14-7-4-8-15-28/h3-16,18-19,21-22,25,30,33-35H,17,20,23-24H2,1-2H3,(H,40,43)(H,41,44)(H,45,46)/t25-,30-,33-,35+/m1/s1. The zero-order valence-corrected chi connectivity index (χ0v) is 28.9. The number of methoxy groups -OCH3 is 1. The summed E-state index contributed by atoms with van der Waals surface area (Å²) in [6.07, 6.45) is -1.31. The normalized spacial score (nSPS) is 18.0. The van der Waals surface area contributed by atoms with E-state index >= 15 is 0 Å². The van der Waals surface area contributed by atoms with Gasteiger partial charge in [0.1, 0.15) is 6.04 Å². The van der Waals surface area contributed by atoms with Crippen LogP contribution in [0.1, 0.15) is 36.0 Å². The molecule has 9 nitrogen and oxygen atoms in total. The van der Waals surface area contributed by atoms with E-state index in [2.05, 4.69) is 10.6 Å². The molecule has 11 heteroatoms. The Morgan fingerprint density at radius 2 is 1.55 bits per heavy atom. The molecule has 0 aliphatic carbocycles. The number of ether oxygens (including phenoxy) is 2. The van der Waals surface area contributed by atoms with E-state index in [-0.39, 0.29) is 24.8 Å². The van der Waals surface area contributed by atoms with Crippen molar-refractivity contribution >= 4 is 47.1 Å². The predicted octanol–water partition coefficient (Wildman–Crippen LogP) is 7.70. The molecule has 3 N–H and O–H groups in total. The summed E-state index contributed by atoms with van der Waals surface area (Å²) in [6, 6.07) is 32.8. The highest BCUT2D eigenvalue weighted by molar-refractivity contribution is 7.99. The van der Waals surface area contributed by atoms with E-state index in [0.717, 1.165) is 21.6 Å². The molecule has 4 aromatic carbocycles. The molecule has 3 amide bonds. The topological polar surface area (TPSA) is 117 Å². The van der Waals surface area contributed by atoms with Gasteiger partial charge in [0.25, 0.3) is 0 Å². The molecule has 256 valence electrons. The maximum Gasteiger partial charge on any atom is 0.407 e.